The van der Waals surface area contributed by atoms with E-state index in [9.17, 15) is 0 Å². The first kappa shape index (κ1) is 33.6. The van der Waals surface area contributed by atoms with Gasteiger partial charge in [0, 0.05) is 0 Å². The Labute approximate surface area is 233 Å². The summed E-state index contributed by atoms with van der Waals surface area (Å²) in [5.74, 6) is 20.8. The van der Waals surface area contributed by atoms with Gasteiger partial charge in [-0.2, -0.15) is 0 Å². The van der Waals surface area contributed by atoms with Gasteiger partial charge in [-0.05, 0) is 86.9 Å². The van der Waals surface area contributed by atoms with Crippen molar-refractivity contribution in [2.75, 3.05) is 0 Å². The molecule has 0 saturated heterocycles. The molecule has 2 aliphatic rings. The maximum atomic E-state index is 5.43. The van der Waals surface area contributed by atoms with Crippen molar-refractivity contribution in [2.24, 2.45) is 57.3 Å². The van der Waals surface area contributed by atoms with Crippen LogP contribution in [0.1, 0.15) is 108 Å². The molecule has 0 aromatic heterocycles. The molecular formula is C28H52Cl3N2Nd. The Morgan fingerprint density at radius 3 is 0.941 bits per heavy atom. The molecule has 6 heteroatoms. The van der Waals surface area contributed by atoms with Gasteiger partial charge in [0.1, 0.15) is 0 Å². The first-order chi connectivity index (χ1) is 15.8. The van der Waals surface area contributed by atoms with Crippen LogP contribution in [0.4, 0.5) is 0 Å². The van der Waals surface area contributed by atoms with Gasteiger partial charge in [0.05, 0.1) is 23.5 Å². The summed E-state index contributed by atoms with van der Waals surface area (Å²) in [5.41, 5.74) is 2.41. The molecule has 0 amide bonds. The summed E-state index contributed by atoms with van der Waals surface area (Å²) in [7, 11) is 0. The molecule has 2 aliphatic carbocycles. The van der Waals surface area contributed by atoms with Crippen LogP contribution in [-0.4, -0.2) is 23.5 Å². The van der Waals surface area contributed by atoms with E-state index in [1.165, 1.54) is 49.9 Å². The van der Waals surface area contributed by atoms with Gasteiger partial charge in [-0.25, -0.2) is 0 Å². The summed E-state index contributed by atoms with van der Waals surface area (Å²) in [6.07, 6.45) is 8.10. The summed E-state index contributed by atoms with van der Waals surface area (Å²) < 4.78 is 0. The molecule has 34 heavy (non-hydrogen) atoms. The third kappa shape index (κ3) is 10.7. The Balaban J connectivity index is 0.00000133. The van der Waals surface area contributed by atoms with Crippen LogP contribution in [0.2, 0.25) is 0 Å². The fourth-order valence-electron chi connectivity index (χ4n) is 6.42. The molecule has 0 aromatic carbocycles. The van der Waals surface area contributed by atoms with Crippen LogP contribution in [0.15, 0.2) is 9.98 Å². The average molecular weight is 667 g/mol. The van der Waals surface area contributed by atoms with Crippen LogP contribution < -0.4 is 0 Å². The maximum absolute atomic E-state index is 5.43. The van der Waals surface area contributed by atoms with Crippen molar-refractivity contribution in [1.29, 1.82) is 0 Å². The summed E-state index contributed by atoms with van der Waals surface area (Å²) in [5, 5.41) is 0. The second-order valence-corrected chi connectivity index (χ2v) is 26.2. The van der Waals surface area contributed by atoms with Gasteiger partial charge in [-0.3, -0.25) is 9.98 Å². The zero-order valence-corrected chi connectivity index (χ0v) is 29.0. The number of aliphatic imine (C=N–C) groups is 2. The van der Waals surface area contributed by atoms with Crippen molar-refractivity contribution >= 4 is 28.8 Å². The molecule has 4 unspecified atom stereocenters. The third-order valence-corrected chi connectivity index (χ3v) is 8.54. The second-order valence-electron chi connectivity index (χ2n) is 12.1. The van der Waals surface area contributed by atoms with Crippen molar-refractivity contribution in [1.82, 2.24) is 0 Å². The molecule has 0 aromatic rings. The molecule has 2 rings (SSSR count). The van der Waals surface area contributed by atoms with E-state index >= 15 is 0 Å². The van der Waals surface area contributed by atoms with E-state index in [0.29, 0.717) is 35.8 Å². The zero-order chi connectivity index (χ0) is 26.2. The monoisotopic (exact) mass is 663 g/mol. The molecule has 199 valence electrons. The predicted molar refractivity (Wildman–Crippen MR) is 152 cm³/mol. The summed E-state index contributed by atoms with van der Waals surface area (Å²) in [6.45, 7) is 23.7. The van der Waals surface area contributed by atoms with E-state index < -0.39 is 29.9 Å². The van der Waals surface area contributed by atoms with E-state index in [-0.39, 0.29) is 0 Å². The van der Waals surface area contributed by atoms with E-state index in [1.807, 2.05) is 0 Å². The van der Waals surface area contributed by atoms with Gasteiger partial charge in [0.15, 0.2) is 0 Å². The van der Waals surface area contributed by atoms with Gasteiger partial charge in [0.2, 0.25) is 0 Å². The van der Waals surface area contributed by atoms with E-state index in [2.05, 4.69) is 69.2 Å². The number of nitrogens with zero attached hydrogens (tertiary/aromatic N) is 2. The molecule has 0 aliphatic heterocycles. The van der Waals surface area contributed by atoms with Crippen LogP contribution >= 0.6 is 17.4 Å². The Hall–Kier alpha value is 1.56. The number of hydrogen-bond acceptors (Lipinski definition) is 2. The quantitative estimate of drug-likeness (QED) is 0.242. The molecule has 0 radical (unpaired) electrons. The minimum atomic E-state index is -2.24. The van der Waals surface area contributed by atoms with Crippen LogP contribution in [0.5, 0.6) is 0 Å². The van der Waals surface area contributed by atoms with Crippen LogP contribution in [0.3, 0.4) is 0 Å². The van der Waals surface area contributed by atoms with Gasteiger partial charge < -0.3 is 0 Å². The SMILES string of the molecule is CC(=NC1C(C(C)C)CCCC1C(C)C)C(C)=NC1C(C(C)C)CCCC1C(C)C.[Cl][Nd]([Cl])[Cl]. The Morgan fingerprint density at radius 2 is 0.765 bits per heavy atom. The average Bonchev–Trinajstić information content (AvgIpc) is 2.72. The molecule has 0 bridgehead atoms. The van der Waals surface area contributed by atoms with Gasteiger partial charge in [-0.1, -0.05) is 68.2 Å². The summed E-state index contributed by atoms with van der Waals surface area (Å²) in [6, 6.07) is 0.939. The normalized spacial score (nSPS) is 31.2. The summed E-state index contributed by atoms with van der Waals surface area (Å²) in [4.78, 5) is 10.9. The number of rotatable bonds is 7. The fraction of sp³-hybridized carbons (Fsp3) is 0.929. The van der Waals surface area contributed by atoms with E-state index in [1.54, 1.807) is 0 Å². The number of halogens is 3. The van der Waals surface area contributed by atoms with Gasteiger partial charge >= 0.3 is 47.3 Å². The fourth-order valence-corrected chi connectivity index (χ4v) is 6.42. The zero-order valence-electron chi connectivity index (χ0n) is 23.5. The molecule has 2 saturated carbocycles. The van der Waals surface area contributed by atoms with Crippen molar-refractivity contribution in [3.05, 3.63) is 0 Å². The van der Waals surface area contributed by atoms with Gasteiger partial charge in [-0.15, -0.1) is 0 Å². The Kier molecular flexibility index (Phi) is 16.3. The molecule has 4 atom stereocenters. The molecule has 0 spiro atoms. The van der Waals surface area contributed by atoms with E-state index in [4.69, 9.17) is 27.4 Å². The second kappa shape index (κ2) is 16.5. The first-order valence-corrected chi connectivity index (χ1v) is 25.7. The first-order valence-electron chi connectivity index (χ1n) is 13.7. The van der Waals surface area contributed by atoms with Crippen molar-refractivity contribution in [2.45, 2.75) is 120 Å². The topological polar surface area (TPSA) is 24.7 Å². The van der Waals surface area contributed by atoms with Crippen LogP contribution in [0, 0.1) is 77.3 Å². The molecular weight excluding hydrogens is 615 g/mol. The van der Waals surface area contributed by atoms with Crippen LogP contribution in [-0.2, 0) is 0 Å². The molecule has 2 nitrogen and oxygen atoms in total. The minimum absolute atomic E-state index is 0.469. The number of hydrogen-bond donors (Lipinski definition) is 0. The summed E-state index contributed by atoms with van der Waals surface area (Å²) >= 11 is -2.24. The van der Waals surface area contributed by atoms with Crippen molar-refractivity contribution in [3.63, 3.8) is 0 Å². The van der Waals surface area contributed by atoms with Crippen LogP contribution in [0.25, 0.3) is 0 Å². The molecule has 0 heterocycles. The Morgan fingerprint density at radius 1 is 0.559 bits per heavy atom. The Bertz CT molecular complexity index is 559. The van der Waals surface area contributed by atoms with Crippen molar-refractivity contribution in [3.8, 4) is 0 Å². The van der Waals surface area contributed by atoms with E-state index in [0.717, 1.165) is 23.7 Å². The standard InChI is InChI=1S/C28H52N2.3ClH.Nd/c1-17(2)23-13-11-14-24(18(3)4)27(23)29-21(9)22(10)30-28-25(19(5)6)15-12-16-26(28)20(7)8;;;;/h17-20,23-28H,11-16H2,1-10H3;3*1H;/q;;;;+3/p-3. The molecule has 0 N–H and O–H groups in total. The third-order valence-electron chi connectivity index (χ3n) is 8.54. The van der Waals surface area contributed by atoms with Gasteiger partial charge in [0.25, 0.3) is 0 Å². The molecule has 2 fully saturated rings. The van der Waals surface area contributed by atoms with Crippen molar-refractivity contribution < 1.29 is 29.9 Å². The predicted octanol–water partition coefficient (Wildman–Crippen LogP) is 10.2.